The molecular formula is C13H22N2S. The standard InChI is InChI=1S/C13H22N2S/c1-12(2,3)15-11-14-9-6-7-13(4,5)8-10(9)16-11/h6-8H2,1-5H3,(H,14,15). The van der Waals surface area contributed by atoms with E-state index in [1.165, 1.54) is 23.4 Å². The van der Waals surface area contributed by atoms with Crippen molar-refractivity contribution in [1.82, 2.24) is 4.98 Å². The molecule has 0 spiro atoms. The van der Waals surface area contributed by atoms with Crippen molar-refractivity contribution in [3.8, 4) is 0 Å². The van der Waals surface area contributed by atoms with Gasteiger partial charge in [0.25, 0.3) is 0 Å². The first-order valence-electron chi connectivity index (χ1n) is 6.02. The van der Waals surface area contributed by atoms with Crippen molar-refractivity contribution in [3.63, 3.8) is 0 Å². The van der Waals surface area contributed by atoms with E-state index >= 15 is 0 Å². The molecule has 90 valence electrons. The number of hydrogen-bond acceptors (Lipinski definition) is 3. The van der Waals surface area contributed by atoms with Crippen LogP contribution in [0.5, 0.6) is 0 Å². The number of hydrogen-bond donors (Lipinski definition) is 1. The Labute approximate surface area is 102 Å². The van der Waals surface area contributed by atoms with Crippen LogP contribution in [0.4, 0.5) is 5.13 Å². The minimum atomic E-state index is 0.107. The molecule has 1 N–H and O–H groups in total. The summed E-state index contributed by atoms with van der Waals surface area (Å²) in [5.74, 6) is 0. The molecule has 0 amide bonds. The highest BCUT2D eigenvalue weighted by molar-refractivity contribution is 7.15. The van der Waals surface area contributed by atoms with E-state index in [2.05, 4.69) is 39.9 Å². The fourth-order valence-electron chi connectivity index (χ4n) is 2.07. The van der Waals surface area contributed by atoms with Crippen molar-refractivity contribution in [2.24, 2.45) is 5.41 Å². The average Bonchev–Trinajstić information content (AvgIpc) is 2.40. The largest absolute Gasteiger partial charge is 0.357 e. The highest BCUT2D eigenvalue weighted by Gasteiger charge is 2.28. The van der Waals surface area contributed by atoms with E-state index < -0.39 is 0 Å². The smallest absolute Gasteiger partial charge is 0.183 e. The third-order valence-electron chi connectivity index (χ3n) is 2.94. The highest BCUT2D eigenvalue weighted by Crippen LogP contribution is 2.39. The van der Waals surface area contributed by atoms with E-state index in [4.69, 9.17) is 4.98 Å². The first kappa shape index (κ1) is 11.9. The second-order valence-corrected chi connectivity index (χ2v) is 7.69. The Morgan fingerprint density at radius 3 is 2.62 bits per heavy atom. The van der Waals surface area contributed by atoms with Crippen LogP contribution >= 0.6 is 11.3 Å². The highest BCUT2D eigenvalue weighted by atomic mass is 32.1. The number of thiazole rings is 1. The zero-order valence-corrected chi connectivity index (χ0v) is 11.8. The summed E-state index contributed by atoms with van der Waals surface area (Å²) in [4.78, 5) is 6.20. The van der Waals surface area contributed by atoms with Crippen molar-refractivity contribution in [2.45, 2.75) is 59.4 Å². The van der Waals surface area contributed by atoms with Gasteiger partial charge in [-0.25, -0.2) is 4.98 Å². The lowest BCUT2D eigenvalue weighted by molar-refractivity contribution is 0.316. The van der Waals surface area contributed by atoms with Crippen molar-refractivity contribution < 1.29 is 0 Å². The SMILES string of the molecule is CC1(C)CCc2nc(NC(C)(C)C)sc2C1. The molecule has 0 saturated heterocycles. The maximum Gasteiger partial charge on any atom is 0.183 e. The Hall–Kier alpha value is -0.570. The summed E-state index contributed by atoms with van der Waals surface area (Å²) in [6.45, 7) is 11.2. The maximum atomic E-state index is 4.71. The van der Waals surface area contributed by atoms with E-state index in [1.54, 1.807) is 0 Å². The van der Waals surface area contributed by atoms with Gasteiger partial charge < -0.3 is 5.32 Å². The van der Waals surface area contributed by atoms with Crippen LogP contribution in [0.15, 0.2) is 0 Å². The maximum absolute atomic E-state index is 4.71. The molecule has 16 heavy (non-hydrogen) atoms. The predicted octanol–water partition coefficient (Wildman–Crippen LogP) is 3.87. The van der Waals surface area contributed by atoms with Crippen molar-refractivity contribution in [2.75, 3.05) is 5.32 Å². The molecule has 0 saturated carbocycles. The molecule has 0 fully saturated rings. The van der Waals surface area contributed by atoms with Gasteiger partial charge in [0.2, 0.25) is 0 Å². The predicted molar refractivity (Wildman–Crippen MR) is 71.3 cm³/mol. The molecular weight excluding hydrogens is 216 g/mol. The lowest BCUT2D eigenvalue weighted by Crippen LogP contribution is -2.25. The zero-order chi connectivity index (χ0) is 12.0. The Morgan fingerprint density at radius 2 is 2.00 bits per heavy atom. The quantitative estimate of drug-likeness (QED) is 0.803. The minimum absolute atomic E-state index is 0.107. The molecule has 1 aromatic rings. The van der Waals surface area contributed by atoms with Gasteiger partial charge in [0, 0.05) is 10.4 Å². The van der Waals surface area contributed by atoms with Gasteiger partial charge in [0.15, 0.2) is 5.13 Å². The van der Waals surface area contributed by atoms with Crippen LogP contribution in [0, 0.1) is 5.41 Å². The van der Waals surface area contributed by atoms with Gasteiger partial charge in [-0.2, -0.15) is 0 Å². The van der Waals surface area contributed by atoms with Crippen molar-refractivity contribution in [3.05, 3.63) is 10.6 Å². The van der Waals surface area contributed by atoms with Crippen LogP contribution in [0.2, 0.25) is 0 Å². The number of nitrogens with one attached hydrogen (secondary N) is 1. The van der Waals surface area contributed by atoms with E-state index in [-0.39, 0.29) is 5.54 Å². The molecule has 1 aromatic heterocycles. The Morgan fingerprint density at radius 1 is 1.31 bits per heavy atom. The van der Waals surface area contributed by atoms with Gasteiger partial charge in [-0.05, 0) is 45.4 Å². The van der Waals surface area contributed by atoms with E-state index in [0.717, 1.165) is 11.6 Å². The van der Waals surface area contributed by atoms with E-state index in [1.807, 2.05) is 11.3 Å². The molecule has 0 aliphatic heterocycles. The second-order valence-electron chi connectivity index (χ2n) is 6.60. The molecule has 0 aromatic carbocycles. The summed E-state index contributed by atoms with van der Waals surface area (Å²) < 4.78 is 0. The number of fused-ring (bicyclic) bond motifs is 1. The van der Waals surface area contributed by atoms with E-state index in [0.29, 0.717) is 5.41 Å². The van der Waals surface area contributed by atoms with Crippen LogP contribution in [-0.4, -0.2) is 10.5 Å². The molecule has 3 heteroatoms. The number of aromatic nitrogens is 1. The molecule has 1 heterocycles. The molecule has 2 nitrogen and oxygen atoms in total. The second kappa shape index (κ2) is 3.73. The summed E-state index contributed by atoms with van der Waals surface area (Å²) in [5, 5.41) is 4.57. The van der Waals surface area contributed by atoms with Crippen LogP contribution < -0.4 is 5.32 Å². The minimum Gasteiger partial charge on any atom is -0.357 e. The van der Waals surface area contributed by atoms with Crippen LogP contribution in [0.25, 0.3) is 0 Å². The third kappa shape index (κ3) is 2.76. The lowest BCUT2D eigenvalue weighted by atomic mass is 9.79. The fourth-order valence-corrected chi connectivity index (χ4v) is 3.55. The van der Waals surface area contributed by atoms with Crippen LogP contribution in [0.3, 0.4) is 0 Å². The number of aryl methyl sites for hydroxylation is 1. The summed E-state index contributed by atoms with van der Waals surface area (Å²) in [6, 6.07) is 0. The number of nitrogens with zero attached hydrogens (tertiary/aromatic N) is 1. The Kier molecular flexibility index (Phi) is 2.77. The van der Waals surface area contributed by atoms with E-state index in [9.17, 15) is 0 Å². The number of anilines is 1. The molecule has 0 atom stereocenters. The normalized spacial score (nSPS) is 19.3. The topological polar surface area (TPSA) is 24.9 Å². The molecule has 0 bridgehead atoms. The monoisotopic (exact) mass is 238 g/mol. The lowest BCUT2D eigenvalue weighted by Gasteiger charge is -2.28. The zero-order valence-electron chi connectivity index (χ0n) is 11.0. The first-order chi connectivity index (χ1) is 7.25. The first-order valence-corrected chi connectivity index (χ1v) is 6.84. The molecule has 1 aliphatic carbocycles. The van der Waals surface area contributed by atoms with Gasteiger partial charge in [0.05, 0.1) is 5.69 Å². The summed E-state index contributed by atoms with van der Waals surface area (Å²) in [7, 11) is 0. The van der Waals surface area contributed by atoms with Crippen molar-refractivity contribution in [1.29, 1.82) is 0 Å². The van der Waals surface area contributed by atoms with Gasteiger partial charge in [-0.1, -0.05) is 13.8 Å². The van der Waals surface area contributed by atoms with Crippen molar-refractivity contribution >= 4 is 16.5 Å². The van der Waals surface area contributed by atoms with Crippen LogP contribution in [0.1, 0.15) is 51.6 Å². The van der Waals surface area contributed by atoms with Gasteiger partial charge >= 0.3 is 0 Å². The van der Waals surface area contributed by atoms with Gasteiger partial charge in [-0.15, -0.1) is 11.3 Å². The molecule has 0 unspecified atom stereocenters. The summed E-state index contributed by atoms with van der Waals surface area (Å²) in [5.41, 5.74) is 1.89. The summed E-state index contributed by atoms with van der Waals surface area (Å²) >= 11 is 1.84. The molecule has 1 aliphatic rings. The fraction of sp³-hybridized carbons (Fsp3) is 0.769. The van der Waals surface area contributed by atoms with Crippen LogP contribution in [-0.2, 0) is 12.8 Å². The summed E-state index contributed by atoms with van der Waals surface area (Å²) in [6.07, 6.45) is 3.59. The molecule has 0 radical (unpaired) electrons. The Balaban J connectivity index is 2.19. The Bertz CT molecular complexity index is 385. The van der Waals surface area contributed by atoms with Gasteiger partial charge in [0.1, 0.15) is 0 Å². The third-order valence-corrected chi connectivity index (χ3v) is 3.95. The molecule has 2 rings (SSSR count). The number of rotatable bonds is 1. The van der Waals surface area contributed by atoms with Gasteiger partial charge in [-0.3, -0.25) is 0 Å². The average molecular weight is 238 g/mol.